The maximum atomic E-state index is 11.2. The number of anilines is 3. The minimum atomic E-state index is 0.0784. The number of amides is 1. The SMILES string of the molecule is CCNc1cc2c(cc1N)CCC(=O)N2. The Hall–Kier alpha value is -1.71. The molecule has 0 aliphatic carbocycles. The van der Waals surface area contributed by atoms with Gasteiger partial charge in [0.1, 0.15) is 0 Å². The molecule has 0 bridgehead atoms. The van der Waals surface area contributed by atoms with Gasteiger partial charge in [0.15, 0.2) is 0 Å². The van der Waals surface area contributed by atoms with E-state index >= 15 is 0 Å². The van der Waals surface area contributed by atoms with Crippen molar-refractivity contribution in [3.8, 4) is 0 Å². The van der Waals surface area contributed by atoms with E-state index in [4.69, 9.17) is 5.73 Å². The van der Waals surface area contributed by atoms with Gasteiger partial charge in [-0.05, 0) is 31.0 Å². The van der Waals surface area contributed by atoms with Gasteiger partial charge in [0, 0.05) is 18.7 Å². The average molecular weight is 205 g/mol. The van der Waals surface area contributed by atoms with Crippen LogP contribution >= 0.6 is 0 Å². The van der Waals surface area contributed by atoms with Crippen molar-refractivity contribution in [2.24, 2.45) is 0 Å². The summed E-state index contributed by atoms with van der Waals surface area (Å²) >= 11 is 0. The quantitative estimate of drug-likeness (QED) is 0.642. The monoisotopic (exact) mass is 205 g/mol. The Kier molecular flexibility index (Phi) is 2.49. The lowest BCUT2D eigenvalue weighted by Crippen LogP contribution is -2.19. The summed E-state index contributed by atoms with van der Waals surface area (Å²) in [6.07, 6.45) is 1.32. The zero-order valence-corrected chi connectivity index (χ0v) is 8.76. The number of carbonyl (C=O) groups is 1. The lowest BCUT2D eigenvalue weighted by molar-refractivity contribution is -0.116. The topological polar surface area (TPSA) is 67.1 Å². The summed E-state index contributed by atoms with van der Waals surface area (Å²) in [7, 11) is 0. The van der Waals surface area contributed by atoms with Gasteiger partial charge in [0.25, 0.3) is 0 Å². The van der Waals surface area contributed by atoms with Crippen molar-refractivity contribution >= 4 is 23.0 Å². The first-order valence-corrected chi connectivity index (χ1v) is 5.17. The van der Waals surface area contributed by atoms with E-state index in [9.17, 15) is 4.79 Å². The molecule has 0 saturated heterocycles. The second-order valence-corrected chi connectivity index (χ2v) is 3.68. The highest BCUT2D eigenvalue weighted by Crippen LogP contribution is 2.30. The first-order chi connectivity index (χ1) is 7.20. The molecule has 1 aliphatic heterocycles. The van der Waals surface area contributed by atoms with Crippen LogP contribution in [0.1, 0.15) is 18.9 Å². The van der Waals surface area contributed by atoms with E-state index in [2.05, 4.69) is 10.6 Å². The molecule has 0 spiro atoms. The van der Waals surface area contributed by atoms with Crippen molar-refractivity contribution in [3.05, 3.63) is 17.7 Å². The van der Waals surface area contributed by atoms with E-state index in [0.717, 1.165) is 35.6 Å². The van der Waals surface area contributed by atoms with Crippen LogP contribution in [0.5, 0.6) is 0 Å². The van der Waals surface area contributed by atoms with E-state index in [1.165, 1.54) is 0 Å². The second-order valence-electron chi connectivity index (χ2n) is 3.68. The maximum Gasteiger partial charge on any atom is 0.224 e. The fourth-order valence-electron chi connectivity index (χ4n) is 1.79. The van der Waals surface area contributed by atoms with Crippen LogP contribution in [0.4, 0.5) is 17.1 Å². The molecule has 0 fully saturated rings. The fraction of sp³-hybridized carbons (Fsp3) is 0.364. The molecule has 15 heavy (non-hydrogen) atoms. The van der Waals surface area contributed by atoms with Gasteiger partial charge in [-0.3, -0.25) is 4.79 Å². The van der Waals surface area contributed by atoms with Gasteiger partial charge < -0.3 is 16.4 Å². The maximum absolute atomic E-state index is 11.2. The van der Waals surface area contributed by atoms with E-state index in [-0.39, 0.29) is 5.91 Å². The number of nitrogens with two attached hydrogens (primary N) is 1. The van der Waals surface area contributed by atoms with Crippen LogP contribution < -0.4 is 16.4 Å². The van der Waals surface area contributed by atoms with Gasteiger partial charge in [-0.25, -0.2) is 0 Å². The van der Waals surface area contributed by atoms with Crippen molar-refractivity contribution < 1.29 is 4.79 Å². The Morgan fingerprint density at radius 1 is 1.47 bits per heavy atom. The average Bonchev–Trinajstić information content (AvgIpc) is 2.20. The van der Waals surface area contributed by atoms with E-state index < -0.39 is 0 Å². The normalized spacial score (nSPS) is 14.3. The molecule has 0 aromatic heterocycles. The van der Waals surface area contributed by atoms with Crippen molar-refractivity contribution in [2.75, 3.05) is 22.9 Å². The van der Waals surface area contributed by atoms with Crippen LogP contribution in [0, 0.1) is 0 Å². The predicted molar refractivity (Wildman–Crippen MR) is 62.0 cm³/mol. The summed E-state index contributed by atoms with van der Waals surface area (Å²) in [5, 5.41) is 6.02. The summed E-state index contributed by atoms with van der Waals surface area (Å²) in [5.41, 5.74) is 9.52. The largest absolute Gasteiger partial charge is 0.397 e. The van der Waals surface area contributed by atoms with Gasteiger partial charge in [0.05, 0.1) is 11.4 Å². The predicted octanol–water partition coefficient (Wildman–Crippen LogP) is 1.59. The van der Waals surface area contributed by atoms with E-state index in [0.29, 0.717) is 6.42 Å². The molecule has 0 radical (unpaired) electrons. The molecular weight excluding hydrogens is 190 g/mol. The van der Waals surface area contributed by atoms with E-state index in [1.54, 1.807) is 0 Å². The zero-order chi connectivity index (χ0) is 10.8. The lowest BCUT2D eigenvalue weighted by Gasteiger charge is -2.19. The van der Waals surface area contributed by atoms with Gasteiger partial charge in [-0.1, -0.05) is 0 Å². The number of benzene rings is 1. The van der Waals surface area contributed by atoms with Crippen molar-refractivity contribution in [1.29, 1.82) is 0 Å². The van der Waals surface area contributed by atoms with Crippen LogP contribution in [0.3, 0.4) is 0 Å². The van der Waals surface area contributed by atoms with Gasteiger partial charge >= 0.3 is 0 Å². The minimum absolute atomic E-state index is 0.0784. The third-order valence-electron chi connectivity index (χ3n) is 2.54. The molecule has 4 heteroatoms. The number of nitrogen functional groups attached to an aromatic ring is 1. The summed E-state index contributed by atoms with van der Waals surface area (Å²) in [6.45, 7) is 2.83. The van der Waals surface area contributed by atoms with Crippen molar-refractivity contribution in [1.82, 2.24) is 0 Å². The van der Waals surface area contributed by atoms with Crippen LogP contribution in [0.25, 0.3) is 0 Å². The highest BCUT2D eigenvalue weighted by atomic mass is 16.1. The van der Waals surface area contributed by atoms with Gasteiger partial charge in [0.2, 0.25) is 5.91 Å². The van der Waals surface area contributed by atoms with Crippen LogP contribution in [0.2, 0.25) is 0 Å². The molecule has 4 N–H and O–H groups in total. The summed E-state index contributed by atoms with van der Waals surface area (Å²) in [5.74, 6) is 0.0784. The Bertz CT molecular complexity index is 401. The van der Waals surface area contributed by atoms with Crippen LogP contribution in [-0.2, 0) is 11.2 Å². The highest BCUT2D eigenvalue weighted by molar-refractivity contribution is 5.95. The molecule has 1 aromatic rings. The number of hydrogen-bond donors (Lipinski definition) is 3. The molecule has 0 saturated carbocycles. The molecule has 80 valence electrons. The first kappa shape index (κ1) is 9.83. The zero-order valence-electron chi connectivity index (χ0n) is 8.76. The lowest BCUT2D eigenvalue weighted by atomic mass is 10.0. The molecule has 0 unspecified atom stereocenters. The number of fused-ring (bicyclic) bond motifs is 1. The molecule has 4 nitrogen and oxygen atoms in total. The molecule has 1 aliphatic rings. The number of rotatable bonds is 2. The highest BCUT2D eigenvalue weighted by Gasteiger charge is 2.16. The Labute approximate surface area is 88.9 Å². The first-order valence-electron chi connectivity index (χ1n) is 5.17. The van der Waals surface area contributed by atoms with Crippen LogP contribution in [-0.4, -0.2) is 12.5 Å². The molecular formula is C11H15N3O. The molecule has 0 atom stereocenters. The summed E-state index contributed by atoms with van der Waals surface area (Å²) in [6, 6.07) is 3.85. The van der Waals surface area contributed by atoms with Crippen LogP contribution in [0.15, 0.2) is 12.1 Å². The molecule has 1 aromatic carbocycles. The number of nitrogens with one attached hydrogen (secondary N) is 2. The summed E-state index contributed by atoms with van der Waals surface area (Å²) < 4.78 is 0. The number of hydrogen-bond acceptors (Lipinski definition) is 3. The summed E-state index contributed by atoms with van der Waals surface area (Å²) in [4.78, 5) is 11.2. The molecule has 1 amide bonds. The van der Waals surface area contributed by atoms with Crippen molar-refractivity contribution in [3.63, 3.8) is 0 Å². The number of carbonyl (C=O) groups excluding carboxylic acids is 1. The van der Waals surface area contributed by atoms with E-state index in [1.807, 2.05) is 19.1 Å². The van der Waals surface area contributed by atoms with Crippen molar-refractivity contribution in [2.45, 2.75) is 19.8 Å². The Balaban J connectivity index is 2.38. The smallest absolute Gasteiger partial charge is 0.224 e. The molecule has 1 heterocycles. The third-order valence-corrected chi connectivity index (χ3v) is 2.54. The third kappa shape index (κ3) is 1.88. The minimum Gasteiger partial charge on any atom is -0.397 e. The molecule has 2 rings (SSSR count). The van der Waals surface area contributed by atoms with Gasteiger partial charge in [-0.2, -0.15) is 0 Å². The second kappa shape index (κ2) is 3.81. The standard InChI is InChI=1S/C11H15N3O/c1-2-13-10-6-9-7(5-8(10)12)3-4-11(15)14-9/h5-6,13H,2-4,12H2,1H3,(H,14,15). The fourth-order valence-corrected chi connectivity index (χ4v) is 1.79. The van der Waals surface area contributed by atoms with Gasteiger partial charge in [-0.15, -0.1) is 0 Å². The number of aryl methyl sites for hydroxylation is 1. The Morgan fingerprint density at radius 2 is 2.27 bits per heavy atom. The Morgan fingerprint density at radius 3 is 3.00 bits per heavy atom.